The van der Waals surface area contributed by atoms with Crippen molar-refractivity contribution in [3.8, 4) is 11.3 Å². The van der Waals surface area contributed by atoms with Crippen molar-refractivity contribution in [2.75, 3.05) is 69.5 Å². The number of carbonyl (C=O) groups excluding carboxylic acids is 4. The second kappa shape index (κ2) is 18.8. The molecule has 11 rings (SSSR count). The van der Waals surface area contributed by atoms with E-state index in [1.165, 1.54) is 26.8 Å². The maximum absolute atomic E-state index is 14.1. The predicted octanol–water partition coefficient (Wildman–Crippen LogP) is 6.47. The van der Waals surface area contributed by atoms with Crippen LogP contribution in [0.25, 0.3) is 11.3 Å². The van der Waals surface area contributed by atoms with Crippen molar-refractivity contribution in [3.05, 3.63) is 142 Å². The van der Waals surface area contributed by atoms with E-state index in [0.717, 1.165) is 68.9 Å². The lowest BCUT2D eigenvalue weighted by Crippen LogP contribution is -2.57. The van der Waals surface area contributed by atoms with Crippen molar-refractivity contribution >= 4 is 63.7 Å². The highest BCUT2D eigenvalue weighted by molar-refractivity contribution is 6.34. The van der Waals surface area contributed by atoms with Crippen LogP contribution in [-0.4, -0.2) is 109 Å². The number of pyridine rings is 2. The molecule has 4 aliphatic heterocycles. The summed E-state index contributed by atoms with van der Waals surface area (Å²) in [7, 11) is 1.63. The molecule has 0 spiro atoms. The second-order valence-corrected chi connectivity index (χ2v) is 21.0. The number of anilines is 7. The molecule has 74 heavy (non-hydrogen) atoms. The van der Waals surface area contributed by atoms with E-state index in [9.17, 15) is 29.1 Å². The quantitative estimate of drug-likeness (QED) is 0.0945. The molecule has 0 radical (unpaired) electrons. The van der Waals surface area contributed by atoms with Gasteiger partial charge in [0.1, 0.15) is 11.5 Å². The Morgan fingerprint density at radius 1 is 0.851 bits per heavy atom. The normalized spacial score (nSPS) is 18.7. The number of hydrogen-bond acceptors (Lipinski definition) is 13. The van der Waals surface area contributed by atoms with Gasteiger partial charge in [0.25, 0.3) is 23.3 Å². The molecular weight excluding hydrogens is 937 g/mol. The first kappa shape index (κ1) is 48.3. The summed E-state index contributed by atoms with van der Waals surface area (Å²) in [4.78, 5) is 91.2. The Kier molecular flexibility index (Phi) is 12.3. The minimum absolute atomic E-state index is 0.0286. The van der Waals surface area contributed by atoms with E-state index in [0.29, 0.717) is 82.2 Å². The van der Waals surface area contributed by atoms with Gasteiger partial charge in [-0.15, -0.1) is 0 Å². The largest absolute Gasteiger partial charge is 0.392 e. The SMILES string of the molecule is C=CC(=O)Nc1cc(Nc2nc(-c3ccnc(N4CCn5c(cc6c5CC(C)(C)C6)C4=O)c3CO)cn(C)c2=O)ccc1N1CCN(C2CCN(c3ccc4c(c3)C(=O)N(c3ccnc(C)c3)C4=O)CC2)C[C@@H]1C. The van der Waals surface area contributed by atoms with Gasteiger partial charge in [-0.2, -0.15) is 0 Å². The fourth-order valence-corrected chi connectivity index (χ4v) is 11.8. The number of nitrogens with one attached hydrogen (secondary N) is 2. The number of imide groups is 1. The lowest BCUT2D eigenvalue weighted by atomic mass is 9.90. The minimum Gasteiger partial charge on any atom is -0.392 e. The van der Waals surface area contributed by atoms with E-state index >= 15 is 0 Å². The van der Waals surface area contributed by atoms with Gasteiger partial charge in [-0.1, -0.05) is 20.4 Å². The number of aliphatic hydroxyl groups is 1. The highest BCUT2D eigenvalue weighted by Gasteiger charge is 2.40. The van der Waals surface area contributed by atoms with Gasteiger partial charge in [0.15, 0.2) is 5.82 Å². The molecule has 6 aromatic rings. The molecule has 0 saturated carbocycles. The zero-order chi connectivity index (χ0) is 51.7. The Hall–Kier alpha value is -7.96. The highest BCUT2D eigenvalue weighted by atomic mass is 16.3. The summed E-state index contributed by atoms with van der Waals surface area (Å²) >= 11 is 0. The molecule has 0 unspecified atom stereocenters. The number of fused-ring (bicyclic) bond motifs is 4. The third-order valence-electron chi connectivity index (χ3n) is 15.4. The summed E-state index contributed by atoms with van der Waals surface area (Å²) in [6.45, 7) is 16.7. The van der Waals surface area contributed by atoms with E-state index in [1.807, 2.05) is 37.3 Å². The van der Waals surface area contributed by atoms with Crippen LogP contribution in [-0.2, 0) is 37.8 Å². The number of aliphatic hydroxyl groups excluding tert-OH is 1. The number of piperidine rings is 1. The first-order valence-corrected chi connectivity index (χ1v) is 25.3. The van der Waals surface area contributed by atoms with Crippen LogP contribution in [0.2, 0.25) is 0 Å². The number of piperazine rings is 1. The number of benzene rings is 2. The summed E-state index contributed by atoms with van der Waals surface area (Å²) in [6, 6.07) is 18.8. The van der Waals surface area contributed by atoms with E-state index in [1.54, 1.807) is 60.9 Å². The molecule has 5 aliphatic rings. The van der Waals surface area contributed by atoms with Crippen LogP contribution in [0, 0.1) is 12.3 Å². The van der Waals surface area contributed by atoms with Crippen LogP contribution >= 0.6 is 0 Å². The van der Waals surface area contributed by atoms with E-state index < -0.39 is 12.2 Å². The fraction of sp³-hybridized carbons (Fsp3) is 0.357. The third kappa shape index (κ3) is 8.60. The number of aryl methyl sites for hydroxylation is 2. The smallest absolute Gasteiger partial charge is 0.293 e. The molecule has 8 heterocycles. The van der Waals surface area contributed by atoms with Gasteiger partial charge in [-0.05, 0) is 117 Å². The van der Waals surface area contributed by atoms with Gasteiger partial charge in [0, 0.05) is 117 Å². The monoisotopic (exact) mass is 996 g/mol. The summed E-state index contributed by atoms with van der Waals surface area (Å²) in [5.41, 5.74) is 9.05. The number of nitrogens with zero attached hydrogens (tertiary/aromatic N) is 10. The lowest BCUT2D eigenvalue weighted by molar-refractivity contribution is -0.111. The average molecular weight is 997 g/mol. The molecule has 4 aromatic heterocycles. The molecule has 18 nitrogen and oxygen atoms in total. The molecule has 1 aliphatic carbocycles. The molecule has 380 valence electrons. The summed E-state index contributed by atoms with van der Waals surface area (Å²) in [5, 5.41) is 17.1. The first-order valence-electron chi connectivity index (χ1n) is 25.3. The van der Waals surface area contributed by atoms with Gasteiger partial charge in [0.05, 0.1) is 40.5 Å². The number of aromatic nitrogens is 5. The predicted molar refractivity (Wildman–Crippen MR) is 285 cm³/mol. The second-order valence-electron chi connectivity index (χ2n) is 21.0. The number of amides is 4. The zero-order valence-corrected chi connectivity index (χ0v) is 42.4. The van der Waals surface area contributed by atoms with Gasteiger partial charge in [0.2, 0.25) is 5.91 Å². The molecule has 18 heteroatoms. The Morgan fingerprint density at radius 3 is 2.39 bits per heavy atom. The fourth-order valence-electron chi connectivity index (χ4n) is 11.8. The summed E-state index contributed by atoms with van der Waals surface area (Å²) in [6.07, 6.45) is 9.73. The van der Waals surface area contributed by atoms with Gasteiger partial charge in [-0.3, -0.25) is 38.8 Å². The summed E-state index contributed by atoms with van der Waals surface area (Å²) < 4.78 is 3.56. The lowest BCUT2D eigenvalue weighted by Gasteiger charge is -2.47. The molecule has 2 saturated heterocycles. The van der Waals surface area contributed by atoms with Crippen molar-refractivity contribution in [2.45, 2.75) is 78.6 Å². The minimum atomic E-state index is -0.417. The number of carbonyl (C=O) groups is 4. The Bertz CT molecular complexity index is 3370. The molecule has 0 bridgehead atoms. The Balaban J connectivity index is 0.773. The molecule has 2 fully saturated rings. The van der Waals surface area contributed by atoms with Crippen LogP contribution < -0.4 is 35.8 Å². The van der Waals surface area contributed by atoms with Crippen LogP contribution in [0.5, 0.6) is 0 Å². The molecular formula is C56H60N12O6. The van der Waals surface area contributed by atoms with Crippen molar-refractivity contribution in [2.24, 2.45) is 12.5 Å². The van der Waals surface area contributed by atoms with E-state index in [4.69, 9.17) is 4.98 Å². The van der Waals surface area contributed by atoms with Gasteiger partial charge >= 0.3 is 0 Å². The van der Waals surface area contributed by atoms with E-state index in [2.05, 4.69) is 67.2 Å². The van der Waals surface area contributed by atoms with Crippen LogP contribution in [0.1, 0.15) is 87.3 Å². The van der Waals surface area contributed by atoms with Gasteiger partial charge in [-0.25, -0.2) is 14.9 Å². The highest BCUT2D eigenvalue weighted by Crippen LogP contribution is 2.41. The topological polar surface area (TPSA) is 194 Å². The van der Waals surface area contributed by atoms with Crippen LogP contribution in [0.3, 0.4) is 0 Å². The Labute approximate surface area is 428 Å². The molecule has 3 N–H and O–H groups in total. The van der Waals surface area contributed by atoms with E-state index in [-0.39, 0.29) is 40.9 Å². The maximum Gasteiger partial charge on any atom is 0.293 e. The van der Waals surface area contributed by atoms with Gasteiger partial charge < -0.3 is 34.7 Å². The standard InChI is InChI=1S/C56H60N12O6/c1-7-49(70)60-44-26-36(59-50-55(74)62(6)31-45(61-50)40-13-17-58-51(43(40)32-69)67-23-22-66-47(54(67)73)25-35-28-56(4,5)29-48(35)66)8-11-46(44)65-21-20-64(30-34(65)3)37-14-18-63(19-15-37)38-9-10-41-42(27-38)53(72)68(52(41)71)39-12-16-57-33(2)24-39/h7-13,16-17,24-27,31,34,37,69H,1,14-15,18-23,28-30,32H2,2-6H3,(H,59,61)(H,60,70)/t34-/m0/s1. The first-order chi connectivity index (χ1) is 35.6. The third-order valence-corrected chi connectivity index (χ3v) is 15.4. The van der Waals surface area contributed by atoms with Crippen LogP contribution in [0.15, 0.2) is 96.7 Å². The maximum atomic E-state index is 14.1. The van der Waals surface area contributed by atoms with Crippen molar-refractivity contribution < 1.29 is 24.3 Å². The van der Waals surface area contributed by atoms with Crippen molar-refractivity contribution in [1.29, 1.82) is 0 Å². The molecule has 2 aromatic carbocycles. The van der Waals surface area contributed by atoms with Crippen molar-refractivity contribution in [1.82, 2.24) is 29.0 Å². The zero-order valence-electron chi connectivity index (χ0n) is 42.4. The molecule has 1 atom stereocenters. The van der Waals surface area contributed by atoms with Crippen molar-refractivity contribution in [3.63, 3.8) is 0 Å². The summed E-state index contributed by atoms with van der Waals surface area (Å²) in [5.74, 6) is -0.820. The Morgan fingerprint density at radius 2 is 1.64 bits per heavy atom. The average Bonchev–Trinajstić information content (AvgIpc) is 3.99. The van der Waals surface area contributed by atoms with Crippen LogP contribution in [0.4, 0.5) is 40.1 Å². The number of rotatable bonds is 11. The molecule has 4 amide bonds. The number of hydrogen-bond donors (Lipinski definition) is 3.